The molecule has 0 aliphatic rings. The van der Waals surface area contributed by atoms with Crippen LogP contribution in [0.25, 0.3) is 0 Å². The molecule has 0 spiro atoms. The molecule has 0 saturated heterocycles. The molecule has 4 nitrogen and oxygen atoms in total. The van der Waals surface area contributed by atoms with Crippen molar-refractivity contribution in [1.29, 1.82) is 0 Å². The molecule has 0 heterocycles. The van der Waals surface area contributed by atoms with Crippen molar-refractivity contribution in [2.24, 2.45) is 0 Å². The maximum atomic E-state index is 11.0. The lowest BCUT2D eigenvalue weighted by atomic mass is 9.79. The van der Waals surface area contributed by atoms with Crippen LogP contribution in [-0.4, -0.2) is 25.3 Å². The highest BCUT2D eigenvalue weighted by atomic mass is 79.9. The van der Waals surface area contributed by atoms with Crippen LogP contribution in [0.1, 0.15) is 31.4 Å². The molecule has 19 heavy (non-hydrogen) atoms. The summed E-state index contributed by atoms with van der Waals surface area (Å²) in [5.74, 6) is 0.426. The smallest absolute Gasteiger partial charge is 0.304 e. The number of hydrogen-bond acceptors (Lipinski definition) is 3. The van der Waals surface area contributed by atoms with Crippen LogP contribution in [0.15, 0.2) is 10.5 Å². The Bertz CT molecular complexity index is 495. The van der Waals surface area contributed by atoms with Crippen molar-refractivity contribution < 1.29 is 19.4 Å². The molecule has 1 aromatic carbocycles. The number of rotatable bonds is 5. The summed E-state index contributed by atoms with van der Waals surface area (Å²) in [6.07, 6.45) is 0.0514. The van der Waals surface area contributed by atoms with E-state index in [0.717, 1.165) is 15.6 Å². The lowest BCUT2D eigenvalue weighted by Gasteiger charge is -2.27. The Morgan fingerprint density at radius 2 is 1.84 bits per heavy atom. The predicted octanol–water partition coefficient (Wildman–Crippen LogP) is 3.53. The van der Waals surface area contributed by atoms with Crippen LogP contribution in [0.4, 0.5) is 0 Å². The van der Waals surface area contributed by atoms with E-state index in [9.17, 15) is 4.79 Å². The van der Waals surface area contributed by atoms with E-state index < -0.39 is 11.4 Å². The minimum atomic E-state index is -0.824. The van der Waals surface area contributed by atoms with Crippen LogP contribution < -0.4 is 9.47 Å². The van der Waals surface area contributed by atoms with E-state index in [2.05, 4.69) is 15.9 Å². The molecule has 0 aliphatic carbocycles. The van der Waals surface area contributed by atoms with E-state index in [-0.39, 0.29) is 6.42 Å². The highest BCUT2D eigenvalue weighted by Crippen LogP contribution is 2.44. The van der Waals surface area contributed by atoms with Gasteiger partial charge in [0.25, 0.3) is 0 Å². The molecule has 5 heteroatoms. The summed E-state index contributed by atoms with van der Waals surface area (Å²) in [4.78, 5) is 11.0. The Morgan fingerprint density at radius 3 is 2.26 bits per heavy atom. The topological polar surface area (TPSA) is 55.8 Å². The van der Waals surface area contributed by atoms with Gasteiger partial charge in [0.15, 0.2) is 11.5 Å². The second-order valence-corrected chi connectivity index (χ2v) is 5.91. The van der Waals surface area contributed by atoms with Gasteiger partial charge in [0, 0.05) is 5.41 Å². The molecule has 0 bridgehead atoms. The minimum absolute atomic E-state index is 0.0514. The van der Waals surface area contributed by atoms with Gasteiger partial charge in [0.2, 0.25) is 0 Å². The molecule has 0 radical (unpaired) electrons. The standard InChI is InChI=1S/C14H19BrO4/c1-8-9(14(2,3)7-11(16)17)6-10(15)13(19-5)12(8)18-4/h6H,7H2,1-5H3,(H,16,17). The number of benzene rings is 1. The first-order valence-corrected chi connectivity index (χ1v) is 6.67. The van der Waals surface area contributed by atoms with Crippen molar-refractivity contribution in [2.45, 2.75) is 32.6 Å². The maximum Gasteiger partial charge on any atom is 0.304 e. The summed E-state index contributed by atoms with van der Waals surface area (Å²) in [6.45, 7) is 5.72. The van der Waals surface area contributed by atoms with Gasteiger partial charge in [-0.2, -0.15) is 0 Å². The number of carboxylic acids is 1. The average molecular weight is 331 g/mol. The van der Waals surface area contributed by atoms with Crippen molar-refractivity contribution in [1.82, 2.24) is 0 Å². The first-order chi connectivity index (χ1) is 8.74. The Hall–Kier alpha value is -1.23. The van der Waals surface area contributed by atoms with Crippen molar-refractivity contribution in [3.63, 3.8) is 0 Å². The zero-order valence-electron chi connectivity index (χ0n) is 11.8. The fraction of sp³-hybridized carbons (Fsp3) is 0.500. The molecule has 0 amide bonds. The van der Waals surface area contributed by atoms with E-state index in [1.165, 1.54) is 0 Å². The predicted molar refractivity (Wildman–Crippen MR) is 77.3 cm³/mol. The van der Waals surface area contributed by atoms with Gasteiger partial charge in [0.05, 0.1) is 25.1 Å². The zero-order valence-corrected chi connectivity index (χ0v) is 13.4. The Labute approximate surface area is 121 Å². The van der Waals surface area contributed by atoms with Crippen LogP contribution in [-0.2, 0) is 10.2 Å². The van der Waals surface area contributed by atoms with Crippen LogP contribution in [0.2, 0.25) is 0 Å². The van der Waals surface area contributed by atoms with E-state index >= 15 is 0 Å². The number of methoxy groups -OCH3 is 2. The maximum absolute atomic E-state index is 11.0. The van der Waals surface area contributed by atoms with Crippen LogP contribution in [0, 0.1) is 6.92 Å². The lowest BCUT2D eigenvalue weighted by Crippen LogP contribution is -2.23. The third kappa shape index (κ3) is 3.21. The van der Waals surface area contributed by atoms with Gasteiger partial charge < -0.3 is 14.6 Å². The fourth-order valence-electron chi connectivity index (χ4n) is 2.31. The highest BCUT2D eigenvalue weighted by Gasteiger charge is 2.29. The molecule has 0 aromatic heterocycles. The summed E-state index contributed by atoms with van der Waals surface area (Å²) >= 11 is 3.44. The molecule has 0 atom stereocenters. The van der Waals surface area contributed by atoms with E-state index in [4.69, 9.17) is 14.6 Å². The van der Waals surface area contributed by atoms with Gasteiger partial charge in [-0.15, -0.1) is 0 Å². The fourth-order valence-corrected chi connectivity index (χ4v) is 2.88. The molecule has 0 fully saturated rings. The Morgan fingerprint density at radius 1 is 1.32 bits per heavy atom. The molecular weight excluding hydrogens is 312 g/mol. The summed E-state index contributed by atoms with van der Waals surface area (Å²) in [5, 5.41) is 9.03. The van der Waals surface area contributed by atoms with E-state index in [0.29, 0.717) is 11.5 Å². The third-order valence-corrected chi connectivity index (χ3v) is 3.76. The summed E-state index contributed by atoms with van der Waals surface area (Å²) in [7, 11) is 3.15. The second-order valence-electron chi connectivity index (χ2n) is 5.05. The van der Waals surface area contributed by atoms with Gasteiger partial charge in [-0.25, -0.2) is 0 Å². The zero-order chi connectivity index (χ0) is 14.8. The largest absolute Gasteiger partial charge is 0.493 e. The van der Waals surface area contributed by atoms with Crippen LogP contribution in [0.3, 0.4) is 0 Å². The number of ether oxygens (including phenoxy) is 2. The summed E-state index contributed by atoms with van der Waals surface area (Å²) in [5.41, 5.74) is 1.34. The van der Waals surface area contributed by atoms with Crippen molar-refractivity contribution >= 4 is 21.9 Å². The summed E-state index contributed by atoms with van der Waals surface area (Å²) < 4.78 is 11.5. The van der Waals surface area contributed by atoms with E-state index in [1.54, 1.807) is 14.2 Å². The Kier molecular flexibility index (Phi) is 4.85. The monoisotopic (exact) mass is 330 g/mol. The van der Waals surface area contributed by atoms with E-state index in [1.807, 2.05) is 26.8 Å². The third-order valence-electron chi connectivity index (χ3n) is 3.17. The number of carboxylic acid groups (broad SMARTS) is 1. The van der Waals surface area contributed by atoms with Crippen LogP contribution in [0.5, 0.6) is 11.5 Å². The second kappa shape index (κ2) is 5.82. The highest BCUT2D eigenvalue weighted by molar-refractivity contribution is 9.10. The van der Waals surface area contributed by atoms with Crippen molar-refractivity contribution in [3.8, 4) is 11.5 Å². The van der Waals surface area contributed by atoms with Crippen molar-refractivity contribution in [2.75, 3.05) is 14.2 Å². The molecule has 0 saturated carbocycles. The lowest BCUT2D eigenvalue weighted by molar-refractivity contribution is -0.138. The number of carbonyl (C=O) groups is 1. The molecule has 0 unspecified atom stereocenters. The number of hydrogen-bond donors (Lipinski definition) is 1. The normalized spacial score (nSPS) is 11.3. The molecular formula is C14H19BrO4. The summed E-state index contributed by atoms with van der Waals surface area (Å²) in [6, 6.07) is 1.90. The quantitative estimate of drug-likeness (QED) is 0.897. The first-order valence-electron chi connectivity index (χ1n) is 5.88. The first kappa shape index (κ1) is 15.8. The minimum Gasteiger partial charge on any atom is -0.493 e. The molecule has 1 N–H and O–H groups in total. The van der Waals surface area contributed by atoms with Gasteiger partial charge in [0.1, 0.15) is 0 Å². The van der Waals surface area contributed by atoms with Gasteiger partial charge in [-0.05, 0) is 40.0 Å². The van der Waals surface area contributed by atoms with Crippen LogP contribution >= 0.6 is 15.9 Å². The van der Waals surface area contributed by atoms with Crippen molar-refractivity contribution in [3.05, 3.63) is 21.7 Å². The average Bonchev–Trinajstić information content (AvgIpc) is 2.29. The Balaban J connectivity index is 3.45. The SMILES string of the molecule is COc1c(Br)cc(C(C)(C)CC(=O)O)c(C)c1OC. The molecule has 0 aliphatic heterocycles. The van der Waals surface area contributed by atoms with Gasteiger partial charge in [-0.3, -0.25) is 4.79 Å². The molecule has 1 aromatic rings. The van der Waals surface area contributed by atoms with Gasteiger partial charge >= 0.3 is 5.97 Å². The number of halogens is 1. The number of aliphatic carboxylic acids is 1. The molecule has 1 rings (SSSR count). The van der Waals surface area contributed by atoms with Gasteiger partial charge in [-0.1, -0.05) is 13.8 Å². The molecule has 106 valence electrons.